The fraction of sp³-hybridized carbons (Fsp3) is 0.333. The van der Waals surface area contributed by atoms with Crippen LogP contribution in [0, 0.1) is 0 Å². The molecule has 1 aromatic carbocycles. The lowest BCUT2D eigenvalue weighted by atomic mass is 10.1. The largest absolute Gasteiger partial charge is 0.378 e. The molecule has 0 saturated heterocycles. The number of aromatic nitrogens is 3. The fourth-order valence-electron chi connectivity index (χ4n) is 2.66. The lowest BCUT2D eigenvalue weighted by Gasteiger charge is -2.17. The van der Waals surface area contributed by atoms with Gasteiger partial charge in [-0.1, -0.05) is 19.1 Å². The first-order valence-corrected chi connectivity index (χ1v) is 7.94. The smallest absolute Gasteiger partial charge is 0.154 e. The van der Waals surface area contributed by atoms with Gasteiger partial charge in [-0.15, -0.1) is 5.10 Å². The van der Waals surface area contributed by atoms with Crippen molar-refractivity contribution < 1.29 is 0 Å². The molecule has 120 valence electrons. The topological polar surface area (TPSA) is 36.7 Å². The van der Waals surface area contributed by atoms with Gasteiger partial charge in [0.1, 0.15) is 5.82 Å². The van der Waals surface area contributed by atoms with Gasteiger partial charge in [0.25, 0.3) is 0 Å². The summed E-state index contributed by atoms with van der Waals surface area (Å²) >= 11 is 0. The van der Waals surface area contributed by atoms with Crippen molar-refractivity contribution >= 4 is 17.2 Å². The van der Waals surface area contributed by atoms with Gasteiger partial charge in [-0.2, -0.15) is 0 Å². The van der Waals surface area contributed by atoms with E-state index in [1.54, 1.807) is 0 Å². The molecule has 0 aliphatic rings. The summed E-state index contributed by atoms with van der Waals surface area (Å²) in [5.74, 6) is 0.961. The van der Waals surface area contributed by atoms with E-state index in [1.807, 2.05) is 36.9 Å². The predicted molar refractivity (Wildman–Crippen MR) is 96.3 cm³/mol. The standard InChI is InChI=1S/C18H23N5/c1-5-11-22(4)18-10-9-17-19-13-16(23(17)20-18)14-7-6-8-15(12-14)21(2)3/h6-10,12-13H,5,11H2,1-4H3. The Labute approximate surface area is 137 Å². The second kappa shape index (κ2) is 6.28. The molecule has 0 aliphatic carbocycles. The molecule has 2 aromatic heterocycles. The molecule has 0 N–H and O–H groups in total. The van der Waals surface area contributed by atoms with E-state index < -0.39 is 0 Å². The summed E-state index contributed by atoms with van der Waals surface area (Å²) in [7, 11) is 6.16. The van der Waals surface area contributed by atoms with Gasteiger partial charge in [0.15, 0.2) is 5.65 Å². The lowest BCUT2D eigenvalue weighted by Crippen LogP contribution is -2.19. The minimum atomic E-state index is 0.865. The fourth-order valence-corrected chi connectivity index (χ4v) is 2.66. The summed E-state index contributed by atoms with van der Waals surface area (Å²) in [4.78, 5) is 8.75. The second-order valence-electron chi connectivity index (χ2n) is 5.97. The molecule has 0 radical (unpaired) electrons. The molecule has 0 fully saturated rings. The van der Waals surface area contributed by atoms with Crippen LogP contribution in [-0.4, -0.2) is 42.3 Å². The van der Waals surface area contributed by atoms with E-state index >= 15 is 0 Å². The zero-order chi connectivity index (χ0) is 16.4. The molecule has 23 heavy (non-hydrogen) atoms. The van der Waals surface area contributed by atoms with Crippen molar-refractivity contribution in [2.75, 3.05) is 37.5 Å². The quantitative estimate of drug-likeness (QED) is 0.724. The molecule has 3 rings (SSSR count). The van der Waals surface area contributed by atoms with Crippen LogP contribution >= 0.6 is 0 Å². The van der Waals surface area contributed by atoms with Crippen LogP contribution in [0.3, 0.4) is 0 Å². The van der Waals surface area contributed by atoms with Crippen LogP contribution in [0.2, 0.25) is 0 Å². The summed E-state index contributed by atoms with van der Waals surface area (Å²) in [6.45, 7) is 3.16. The number of hydrogen-bond acceptors (Lipinski definition) is 4. The number of anilines is 2. The molecule has 5 nitrogen and oxygen atoms in total. The van der Waals surface area contributed by atoms with Crippen LogP contribution < -0.4 is 9.80 Å². The third-order valence-corrected chi connectivity index (χ3v) is 3.96. The Morgan fingerprint density at radius 1 is 1.09 bits per heavy atom. The van der Waals surface area contributed by atoms with Crippen molar-refractivity contribution in [1.29, 1.82) is 0 Å². The Morgan fingerprint density at radius 2 is 1.91 bits per heavy atom. The van der Waals surface area contributed by atoms with Crippen LogP contribution in [0.5, 0.6) is 0 Å². The predicted octanol–water partition coefficient (Wildman–Crippen LogP) is 3.31. The normalized spacial score (nSPS) is 11.0. The Hall–Kier alpha value is -2.56. The van der Waals surface area contributed by atoms with Crippen LogP contribution in [0.25, 0.3) is 16.9 Å². The highest BCUT2D eigenvalue weighted by Gasteiger charge is 2.10. The van der Waals surface area contributed by atoms with Crippen molar-refractivity contribution in [2.45, 2.75) is 13.3 Å². The highest BCUT2D eigenvalue weighted by atomic mass is 15.3. The van der Waals surface area contributed by atoms with Gasteiger partial charge in [0.2, 0.25) is 0 Å². The maximum Gasteiger partial charge on any atom is 0.154 e. The first kappa shape index (κ1) is 15.3. The first-order chi connectivity index (χ1) is 11.1. The van der Waals surface area contributed by atoms with Crippen molar-refractivity contribution in [2.24, 2.45) is 0 Å². The molecular formula is C18H23N5. The maximum atomic E-state index is 4.77. The van der Waals surface area contributed by atoms with Gasteiger partial charge in [-0.05, 0) is 30.7 Å². The maximum absolute atomic E-state index is 4.77. The van der Waals surface area contributed by atoms with Crippen molar-refractivity contribution in [3.8, 4) is 11.3 Å². The zero-order valence-electron chi connectivity index (χ0n) is 14.2. The number of imidazole rings is 1. The summed E-state index contributed by atoms with van der Waals surface area (Å²) in [5, 5.41) is 4.77. The molecule has 3 aromatic rings. The Kier molecular flexibility index (Phi) is 4.19. The van der Waals surface area contributed by atoms with Gasteiger partial charge in [-0.3, -0.25) is 0 Å². The summed E-state index contributed by atoms with van der Waals surface area (Å²) in [6, 6.07) is 12.5. The molecule has 0 bridgehead atoms. The molecule has 0 saturated carbocycles. The van der Waals surface area contributed by atoms with Crippen molar-refractivity contribution in [3.63, 3.8) is 0 Å². The van der Waals surface area contributed by atoms with E-state index in [0.717, 1.165) is 41.4 Å². The molecule has 0 spiro atoms. The van der Waals surface area contributed by atoms with Crippen LogP contribution in [0.15, 0.2) is 42.6 Å². The minimum absolute atomic E-state index is 0.865. The number of benzene rings is 1. The van der Waals surface area contributed by atoms with Gasteiger partial charge >= 0.3 is 0 Å². The van der Waals surface area contributed by atoms with E-state index in [-0.39, 0.29) is 0 Å². The number of rotatable bonds is 5. The van der Waals surface area contributed by atoms with Crippen LogP contribution in [0.4, 0.5) is 11.5 Å². The molecule has 0 atom stereocenters. The second-order valence-corrected chi connectivity index (χ2v) is 5.97. The third kappa shape index (κ3) is 2.99. The minimum Gasteiger partial charge on any atom is -0.378 e. The average Bonchev–Trinajstić information content (AvgIpc) is 2.98. The molecule has 2 heterocycles. The number of nitrogens with zero attached hydrogens (tertiary/aromatic N) is 5. The van der Waals surface area contributed by atoms with Crippen molar-refractivity contribution in [1.82, 2.24) is 14.6 Å². The highest BCUT2D eigenvalue weighted by molar-refractivity contribution is 5.68. The SMILES string of the molecule is CCCN(C)c1ccc2ncc(-c3cccc(N(C)C)c3)n2n1. The Bertz CT molecular complexity index is 806. The molecule has 0 unspecified atom stereocenters. The molecule has 5 heteroatoms. The number of hydrogen-bond donors (Lipinski definition) is 0. The van der Waals surface area contributed by atoms with E-state index in [2.05, 4.69) is 53.0 Å². The zero-order valence-corrected chi connectivity index (χ0v) is 14.2. The van der Waals surface area contributed by atoms with Crippen LogP contribution in [0.1, 0.15) is 13.3 Å². The average molecular weight is 309 g/mol. The summed E-state index contributed by atoms with van der Waals surface area (Å²) in [5.41, 5.74) is 4.16. The van der Waals surface area contributed by atoms with Gasteiger partial charge in [0.05, 0.1) is 11.9 Å². The lowest BCUT2D eigenvalue weighted by molar-refractivity contribution is 0.810. The highest BCUT2D eigenvalue weighted by Crippen LogP contribution is 2.25. The molecule has 0 aliphatic heterocycles. The van der Waals surface area contributed by atoms with Crippen molar-refractivity contribution in [3.05, 3.63) is 42.6 Å². The van der Waals surface area contributed by atoms with E-state index in [0.29, 0.717) is 0 Å². The first-order valence-electron chi connectivity index (χ1n) is 7.94. The van der Waals surface area contributed by atoms with Gasteiger partial charge < -0.3 is 9.80 Å². The summed E-state index contributed by atoms with van der Waals surface area (Å²) < 4.78 is 1.93. The van der Waals surface area contributed by atoms with Crippen LogP contribution in [-0.2, 0) is 0 Å². The van der Waals surface area contributed by atoms with E-state index in [1.165, 1.54) is 0 Å². The van der Waals surface area contributed by atoms with Gasteiger partial charge in [0, 0.05) is 38.9 Å². The Morgan fingerprint density at radius 3 is 2.65 bits per heavy atom. The molecular weight excluding hydrogens is 286 g/mol. The Balaban J connectivity index is 2.07. The third-order valence-electron chi connectivity index (χ3n) is 3.96. The number of fused-ring (bicyclic) bond motifs is 1. The van der Waals surface area contributed by atoms with E-state index in [9.17, 15) is 0 Å². The molecule has 0 amide bonds. The van der Waals surface area contributed by atoms with E-state index in [4.69, 9.17) is 5.10 Å². The monoisotopic (exact) mass is 309 g/mol. The van der Waals surface area contributed by atoms with Gasteiger partial charge in [-0.25, -0.2) is 9.50 Å². The summed E-state index contributed by atoms with van der Waals surface area (Å²) in [6.07, 6.45) is 2.98.